The highest BCUT2D eigenvalue weighted by atomic mass is 16.5. The van der Waals surface area contributed by atoms with Crippen molar-refractivity contribution < 1.29 is 19.1 Å². The van der Waals surface area contributed by atoms with E-state index in [4.69, 9.17) is 9.47 Å². The topological polar surface area (TPSA) is 81.9 Å². The molecule has 0 radical (unpaired) electrons. The number of anilines is 1. The minimum absolute atomic E-state index is 0.0944. The van der Waals surface area contributed by atoms with Gasteiger partial charge >= 0.3 is 5.97 Å². The van der Waals surface area contributed by atoms with Gasteiger partial charge in [-0.05, 0) is 37.6 Å². The largest absolute Gasteiger partial charge is 0.494 e. The average molecular weight is 367 g/mol. The first-order valence-electron chi connectivity index (χ1n) is 8.81. The number of para-hydroxylation sites is 1. The molecule has 0 aliphatic rings. The number of imidazole rings is 1. The number of hydrogen-bond acceptors (Lipinski definition) is 5. The van der Waals surface area contributed by atoms with Gasteiger partial charge in [0.15, 0.2) is 11.5 Å². The first kappa shape index (κ1) is 18.4. The molecule has 0 aliphatic carbocycles. The fourth-order valence-corrected chi connectivity index (χ4v) is 2.59. The SMILES string of the molecule is CCOC(=O)c1nc2ccccn2c1NC(=O)CCCOc1ccccc1. The molecule has 1 amide bonds. The van der Waals surface area contributed by atoms with E-state index in [0.717, 1.165) is 5.75 Å². The number of carbonyl (C=O) groups excluding carboxylic acids is 2. The zero-order valence-electron chi connectivity index (χ0n) is 15.1. The van der Waals surface area contributed by atoms with Gasteiger partial charge in [0, 0.05) is 12.6 Å². The van der Waals surface area contributed by atoms with Crippen LogP contribution in [0.3, 0.4) is 0 Å². The van der Waals surface area contributed by atoms with Crippen LogP contribution in [0.4, 0.5) is 5.82 Å². The van der Waals surface area contributed by atoms with Crippen molar-refractivity contribution in [1.29, 1.82) is 0 Å². The number of pyridine rings is 1. The maximum atomic E-state index is 12.3. The van der Waals surface area contributed by atoms with Crippen LogP contribution < -0.4 is 10.1 Å². The van der Waals surface area contributed by atoms with Gasteiger partial charge in [-0.3, -0.25) is 9.20 Å². The Balaban J connectivity index is 1.63. The fraction of sp³-hybridized carbons (Fsp3) is 0.250. The molecule has 27 heavy (non-hydrogen) atoms. The van der Waals surface area contributed by atoms with Crippen molar-refractivity contribution in [3.63, 3.8) is 0 Å². The number of fused-ring (bicyclic) bond motifs is 1. The van der Waals surface area contributed by atoms with Crippen molar-refractivity contribution in [2.75, 3.05) is 18.5 Å². The zero-order chi connectivity index (χ0) is 19.1. The molecule has 0 aliphatic heterocycles. The molecule has 2 aromatic heterocycles. The van der Waals surface area contributed by atoms with E-state index in [1.54, 1.807) is 29.7 Å². The van der Waals surface area contributed by atoms with Crippen LogP contribution in [-0.2, 0) is 9.53 Å². The lowest BCUT2D eigenvalue weighted by atomic mass is 10.3. The molecule has 7 nitrogen and oxygen atoms in total. The van der Waals surface area contributed by atoms with E-state index in [2.05, 4.69) is 10.3 Å². The minimum atomic E-state index is -0.566. The van der Waals surface area contributed by atoms with E-state index >= 15 is 0 Å². The molecule has 0 bridgehead atoms. The van der Waals surface area contributed by atoms with Crippen molar-refractivity contribution in [3.8, 4) is 5.75 Å². The zero-order valence-corrected chi connectivity index (χ0v) is 15.1. The molecule has 3 aromatic rings. The van der Waals surface area contributed by atoms with Gasteiger partial charge in [-0.2, -0.15) is 0 Å². The Hall–Kier alpha value is -3.35. The molecule has 1 N–H and O–H groups in total. The van der Waals surface area contributed by atoms with Gasteiger partial charge in [0.1, 0.15) is 11.4 Å². The predicted octanol–water partition coefficient (Wildman–Crippen LogP) is 3.31. The van der Waals surface area contributed by atoms with E-state index in [9.17, 15) is 9.59 Å². The number of amides is 1. The van der Waals surface area contributed by atoms with Crippen LogP contribution >= 0.6 is 0 Å². The maximum Gasteiger partial charge on any atom is 0.360 e. The summed E-state index contributed by atoms with van der Waals surface area (Å²) in [5, 5.41) is 2.78. The summed E-state index contributed by atoms with van der Waals surface area (Å²) in [5.74, 6) is 0.300. The highest BCUT2D eigenvalue weighted by molar-refractivity contribution is 6.00. The Kier molecular flexibility index (Phi) is 6.04. The molecule has 2 heterocycles. The number of nitrogens with zero attached hydrogens (tertiary/aromatic N) is 2. The van der Waals surface area contributed by atoms with Crippen LogP contribution in [0.25, 0.3) is 5.65 Å². The summed E-state index contributed by atoms with van der Waals surface area (Å²) in [5.41, 5.74) is 0.653. The summed E-state index contributed by atoms with van der Waals surface area (Å²) in [4.78, 5) is 28.8. The monoisotopic (exact) mass is 367 g/mol. The summed E-state index contributed by atoms with van der Waals surface area (Å²) >= 11 is 0. The second-order valence-electron chi connectivity index (χ2n) is 5.77. The van der Waals surface area contributed by atoms with Crippen molar-refractivity contribution in [2.24, 2.45) is 0 Å². The number of esters is 1. The lowest BCUT2D eigenvalue weighted by Gasteiger charge is -2.08. The molecule has 140 valence electrons. The number of rotatable bonds is 8. The third kappa shape index (κ3) is 4.63. The highest BCUT2D eigenvalue weighted by Gasteiger charge is 2.21. The second kappa shape index (κ2) is 8.84. The smallest absolute Gasteiger partial charge is 0.360 e. The molecule has 0 fully saturated rings. The predicted molar refractivity (Wildman–Crippen MR) is 101 cm³/mol. The van der Waals surface area contributed by atoms with Crippen molar-refractivity contribution >= 4 is 23.3 Å². The normalized spacial score (nSPS) is 10.6. The molecule has 0 unspecified atom stereocenters. The van der Waals surface area contributed by atoms with Crippen LogP contribution in [0.5, 0.6) is 5.75 Å². The molecular weight excluding hydrogens is 346 g/mol. The van der Waals surface area contributed by atoms with Gasteiger partial charge < -0.3 is 14.8 Å². The number of hydrogen-bond donors (Lipinski definition) is 1. The first-order chi connectivity index (χ1) is 13.2. The minimum Gasteiger partial charge on any atom is -0.494 e. The third-order valence-corrected chi connectivity index (χ3v) is 3.82. The fourth-order valence-electron chi connectivity index (χ4n) is 2.59. The van der Waals surface area contributed by atoms with Gasteiger partial charge in [0.2, 0.25) is 5.91 Å². The lowest BCUT2D eigenvalue weighted by Crippen LogP contribution is -2.17. The van der Waals surface area contributed by atoms with E-state index in [-0.39, 0.29) is 24.6 Å². The number of nitrogens with one attached hydrogen (secondary N) is 1. The Morgan fingerprint density at radius 2 is 1.89 bits per heavy atom. The van der Waals surface area contributed by atoms with Gasteiger partial charge in [0.25, 0.3) is 0 Å². The number of carbonyl (C=O) groups is 2. The molecule has 1 aromatic carbocycles. The van der Waals surface area contributed by atoms with Crippen LogP contribution in [0.2, 0.25) is 0 Å². The molecular formula is C20H21N3O4. The van der Waals surface area contributed by atoms with Gasteiger partial charge in [-0.1, -0.05) is 24.3 Å². The van der Waals surface area contributed by atoms with Crippen molar-refractivity contribution in [2.45, 2.75) is 19.8 Å². The van der Waals surface area contributed by atoms with Gasteiger partial charge in [0.05, 0.1) is 13.2 Å². The van der Waals surface area contributed by atoms with Crippen LogP contribution in [0.15, 0.2) is 54.7 Å². The summed E-state index contributed by atoms with van der Waals surface area (Å²) in [6.45, 7) is 2.38. The lowest BCUT2D eigenvalue weighted by molar-refractivity contribution is -0.116. The standard InChI is InChI=1S/C20H21N3O4/c1-2-26-20(25)18-19(23-13-7-6-11-16(23)21-18)22-17(24)12-8-14-27-15-9-4-3-5-10-15/h3-7,9-11,13H,2,8,12,14H2,1H3,(H,22,24). The quantitative estimate of drug-likeness (QED) is 0.488. The first-order valence-corrected chi connectivity index (χ1v) is 8.81. The van der Waals surface area contributed by atoms with Crippen LogP contribution in [0, 0.1) is 0 Å². The van der Waals surface area contributed by atoms with Crippen LogP contribution in [-0.4, -0.2) is 34.5 Å². The van der Waals surface area contributed by atoms with E-state index < -0.39 is 5.97 Å². The number of ether oxygens (including phenoxy) is 2. The summed E-state index contributed by atoms with van der Waals surface area (Å²) in [6, 6.07) is 14.8. The van der Waals surface area contributed by atoms with E-state index in [1.807, 2.05) is 36.4 Å². The molecule has 0 atom stereocenters. The summed E-state index contributed by atoms with van der Waals surface area (Å²) in [7, 11) is 0. The molecule has 7 heteroatoms. The Morgan fingerprint density at radius 1 is 1.11 bits per heavy atom. The van der Waals surface area contributed by atoms with E-state index in [0.29, 0.717) is 24.5 Å². The van der Waals surface area contributed by atoms with Crippen LogP contribution in [0.1, 0.15) is 30.3 Å². The van der Waals surface area contributed by atoms with Gasteiger partial charge in [-0.25, -0.2) is 9.78 Å². The van der Waals surface area contributed by atoms with Crippen molar-refractivity contribution in [3.05, 3.63) is 60.4 Å². The van der Waals surface area contributed by atoms with Crippen molar-refractivity contribution in [1.82, 2.24) is 9.38 Å². The maximum absolute atomic E-state index is 12.3. The Bertz CT molecular complexity index is 921. The number of aromatic nitrogens is 2. The Labute approximate surface area is 156 Å². The van der Waals surface area contributed by atoms with Gasteiger partial charge in [-0.15, -0.1) is 0 Å². The average Bonchev–Trinajstić information content (AvgIpc) is 3.05. The Morgan fingerprint density at radius 3 is 2.67 bits per heavy atom. The summed E-state index contributed by atoms with van der Waals surface area (Å²) in [6.07, 6.45) is 2.54. The number of benzene rings is 1. The second-order valence-corrected chi connectivity index (χ2v) is 5.77. The highest BCUT2D eigenvalue weighted by Crippen LogP contribution is 2.19. The molecule has 0 saturated carbocycles. The molecule has 0 saturated heterocycles. The van der Waals surface area contributed by atoms with E-state index in [1.165, 1.54) is 0 Å². The molecule has 3 rings (SSSR count). The summed E-state index contributed by atoms with van der Waals surface area (Å²) < 4.78 is 12.3. The molecule has 0 spiro atoms. The third-order valence-electron chi connectivity index (χ3n) is 3.82.